The molecule has 17 heavy (non-hydrogen) atoms. The SMILES string of the molecule is CC(C)CC(=O)NC1CCCCC1CC(=O)O. The molecule has 0 bridgehead atoms. The van der Waals surface area contributed by atoms with Gasteiger partial charge in [0.2, 0.25) is 5.91 Å². The number of carbonyl (C=O) groups excluding carboxylic acids is 1. The lowest BCUT2D eigenvalue weighted by molar-refractivity contribution is -0.139. The number of nitrogens with one attached hydrogen (secondary N) is 1. The van der Waals surface area contributed by atoms with E-state index >= 15 is 0 Å². The Morgan fingerprint density at radius 2 is 1.94 bits per heavy atom. The van der Waals surface area contributed by atoms with Crippen molar-refractivity contribution in [3.63, 3.8) is 0 Å². The van der Waals surface area contributed by atoms with Crippen LogP contribution >= 0.6 is 0 Å². The summed E-state index contributed by atoms with van der Waals surface area (Å²) >= 11 is 0. The molecule has 0 spiro atoms. The molecular formula is C13H23NO3. The van der Waals surface area contributed by atoms with Crippen molar-refractivity contribution in [2.45, 2.75) is 58.4 Å². The number of carboxylic acid groups (broad SMARTS) is 1. The van der Waals surface area contributed by atoms with Crippen LogP contribution in [0.3, 0.4) is 0 Å². The van der Waals surface area contributed by atoms with Crippen LogP contribution in [0.15, 0.2) is 0 Å². The highest BCUT2D eigenvalue weighted by Crippen LogP contribution is 2.27. The Hall–Kier alpha value is -1.06. The number of hydrogen-bond acceptors (Lipinski definition) is 2. The van der Waals surface area contributed by atoms with Gasteiger partial charge in [-0.05, 0) is 24.7 Å². The summed E-state index contributed by atoms with van der Waals surface area (Å²) in [5.41, 5.74) is 0. The molecule has 1 saturated carbocycles. The molecule has 0 aromatic carbocycles. The first-order valence-corrected chi connectivity index (χ1v) is 6.50. The Balaban J connectivity index is 2.47. The molecule has 0 aromatic heterocycles. The van der Waals surface area contributed by atoms with E-state index in [0.29, 0.717) is 12.3 Å². The Labute approximate surface area is 103 Å². The van der Waals surface area contributed by atoms with E-state index in [4.69, 9.17) is 5.11 Å². The minimum atomic E-state index is -0.764. The van der Waals surface area contributed by atoms with E-state index in [-0.39, 0.29) is 24.3 Å². The zero-order valence-electron chi connectivity index (χ0n) is 10.7. The van der Waals surface area contributed by atoms with E-state index < -0.39 is 5.97 Å². The summed E-state index contributed by atoms with van der Waals surface area (Å²) in [6, 6.07) is 0.0612. The standard InChI is InChI=1S/C13H23NO3/c1-9(2)7-12(15)14-11-6-4-3-5-10(11)8-13(16)17/h9-11H,3-8H2,1-2H3,(H,14,15)(H,16,17). The molecule has 1 fully saturated rings. The van der Waals surface area contributed by atoms with Gasteiger partial charge < -0.3 is 10.4 Å². The van der Waals surface area contributed by atoms with E-state index in [1.54, 1.807) is 0 Å². The molecule has 1 aliphatic rings. The summed E-state index contributed by atoms with van der Waals surface area (Å²) in [7, 11) is 0. The third kappa shape index (κ3) is 5.20. The Morgan fingerprint density at radius 3 is 2.53 bits per heavy atom. The zero-order valence-corrected chi connectivity index (χ0v) is 10.7. The Kier molecular flexibility index (Phi) is 5.45. The van der Waals surface area contributed by atoms with Crippen molar-refractivity contribution in [3.05, 3.63) is 0 Å². The molecule has 1 rings (SSSR count). The molecular weight excluding hydrogens is 218 g/mol. The average Bonchev–Trinajstić information content (AvgIpc) is 2.18. The third-order valence-electron chi connectivity index (χ3n) is 3.29. The van der Waals surface area contributed by atoms with Gasteiger partial charge >= 0.3 is 5.97 Å². The van der Waals surface area contributed by atoms with E-state index in [1.807, 2.05) is 13.8 Å². The number of aliphatic carboxylic acids is 1. The summed E-state index contributed by atoms with van der Waals surface area (Å²) in [6.45, 7) is 4.02. The third-order valence-corrected chi connectivity index (χ3v) is 3.29. The van der Waals surface area contributed by atoms with Crippen molar-refractivity contribution in [2.75, 3.05) is 0 Å². The van der Waals surface area contributed by atoms with Crippen LogP contribution in [0.25, 0.3) is 0 Å². The van der Waals surface area contributed by atoms with Crippen LogP contribution in [0, 0.1) is 11.8 Å². The van der Waals surface area contributed by atoms with Crippen LogP contribution in [0.4, 0.5) is 0 Å². The Morgan fingerprint density at radius 1 is 1.29 bits per heavy atom. The van der Waals surface area contributed by atoms with Crippen LogP contribution in [-0.2, 0) is 9.59 Å². The highest BCUT2D eigenvalue weighted by Gasteiger charge is 2.28. The number of rotatable bonds is 5. The molecule has 0 radical (unpaired) electrons. The molecule has 4 heteroatoms. The van der Waals surface area contributed by atoms with Crippen molar-refractivity contribution in [3.8, 4) is 0 Å². The summed E-state index contributed by atoms with van der Waals surface area (Å²) in [5, 5.41) is 11.9. The normalized spacial score (nSPS) is 24.6. The van der Waals surface area contributed by atoms with Crippen molar-refractivity contribution < 1.29 is 14.7 Å². The number of hydrogen-bond donors (Lipinski definition) is 2. The summed E-state index contributed by atoms with van der Waals surface area (Å²) in [4.78, 5) is 22.5. The van der Waals surface area contributed by atoms with Crippen molar-refractivity contribution in [1.29, 1.82) is 0 Å². The van der Waals surface area contributed by atoms with Gasteiger partial charge in [0.1, 0.15) is 0 Å². The molecule has 1 amide bonds. The molecule has 0 aromatic rings. The van der Waals surface area contributed by atoms with Gasteiger partial charge in [-0.25, -0.2) is 0 Å². The van der Waals surface area contributed by atoms with Crippen LogP contribution in [0.5, 0.6) is 0 Å². The second-order valence-electron chi connectivity index (χ2n) is 5.41. The van der Waals surface area contributed by atoms with Gasteiger partial charge in [-0.1, -0.05) is 26.7 Å². The highest BCUT2D eigenvalue weighted by molar-refractivity contribution is 5.76. The molecule has 98 valence electrons. The molecule has 1 aliphatic carbocycles. The Bertz CT molecular complexity index is 276. The fourth-order valence-electron chi connectivity index (χ4n) is 2.50. The fourth-order valence-corrected chi connectivity index (χ4v) is 2.50. The van der Waals surface area contributed by atoms with E-state index in [1.165, 1.54) is 0 Å². The number of amides is 1. The monoisotopic (exact) mass is 241 g/mol. The number of carboxylic acids is 1. The second-order valence-corrected chi connectivity index (χ2v) is 5.41. The molecule has 0 saturated heterocycles. The topological polar surface area (TPSA) is 66.4 Å². The van der Waals surface area contributed by atoms with E-state index in [2.05, 4.69) is 5.32 Å². The highest BCUT2D eigenvalue weighted by atomic mass is 16.4. The van der Waals surface area contributed by atoms with Gasteiger partial charge in [0.15, 0.2) is 0 Å². The smallest absolute Gasteiger partial charge is 0.303 e. The minimum Gasteiger partial charge on any atom is -0.481 e. The maximum Gasteiger partial charge on any atom is 0.303 e. The lowest BCUT2D eigenvalue weighted by Crippen LogP contribution is -2.43. The van der Waals surface area contributed by atoms with Gasteiger partial charge in [0.25, 0.3) is 0 Å². The van der Waals surface area contributed by atoms with Gasteiger partial charge in [-0.2, -0.15) is 0 Å². The maximum absolute atomic E-state index is 11.7. The van der Waals surface area contributed by atoms with Crippen LogP contribution in [0.2, 0.25) is 0 Å². The van der Waals surface area contributed by atoms with Gasteiger partial charge in [0.05, 0.1) is 6.42 Å². The molecule has 0 aliphatic heterocycles. The van der Waals surface area contributed by atoms with Crippen LogP contribution in [0.1, 0.15) is 52.4 Å². The predicted octanol–water partition coefficient (Wildman–Crippen LogP) is 2.18. The average molecular weight is 241 g/mol. The van der Waals surface area contributed by atoms with Crippen LogP contribution in [-0.4, -0.2) is 23.0 Å². The molecule has 2 N–H and O–H groups in total. The van der Waals surface area contributed by atoms with E-state index in [0.717, 1.165) is 25.7 Å². The summed E-state index contributed by atoms with van der Waals surface area (Å²) < 4.78 is 0. The quantitative estimate of drug-likeness (QED) is 0.775. The summed E-state index contributed by atoms with van der Waals surface area (Å²) in [6.07, 6.45) is 4.70. The van der Waals surface area contributed by atoms with Gasteiger partial charge in [0, 0.05) is 12.5 Å². The largest absolute Gasteiger partial charge is 0.481 e. The number of carbonyl (C=O) groups is 2. The van der Waals surface area contributed by atoms with E-state index in [9.17, 15) is 9.59 Å². The molecule has 2 unspecified atom stereocenters. The predicted molar refractivity (Wildman–Crippen MR) is 65.6 cm³/mol. The first kappa shape index (κ1) is 14.0. The van der Waals surface area contributed by atoms with Gasteiger partial charge in [-0.15, -0.1) is 0 Å². The fraction of sp³-hybridized carbons (Fsp3) is 0.846. The zero-order chi connectivity index (χ0) is 12.8. The van der Waals surface area contributed by atoms with Crippen LogP contribution < -0.4 is 5.32 Å². The lowest BCUT2D eigenvalue weighted by atomic mass is 9.82. The summed E-state index contributed by atoms with van der Waals surface area (Å²) in [5.74, 6) is -0.254. The minimum absolute atomic E-state index is 0.0577. The first-order chi connectivity index (χ1) is 7.99. The maximum atomic E-state index is 11.7. The molecule has 2 atom stereocenters. The van der Waals surface area contributed by atoms with Crippen molar-refractivity contribution >= 4 is 11.9 Å². The first-order valence-electron chi connectivity index (χ1n) is 6.50. The second kappa shape index (κ2) is 6.62. The molecule has 4 nitrogen and oxygen atoms in total. The van der Waals surface area contributed by atoms with Gasteiger partial charge in [-0.3, -0.25) is 9.59 Å². The lowest BCUT2D eigenvalue weighted by Gasteiger charge is -2.31. The van der Waals surface area contributed by atoms with Crippen molar-refractivity contribution in [2.24, 2.45) is 11.8 Å². The molecule has 0 heterocycles. The van der Waals surface area contributed by atoms with Crippen molar-refractivity contribution in [1.82, 2.24) is 5.32 Å².